The maximum absolute atomic E-state index is 13.0. The Bertz CT molecular complexity index is 376. The molecule has 15 heavy (non-hydrogen) atoms. The topological polar surface area (TPSA) is 37.3 Å². The monoisotopic (exact) mass is 208 g/mol. The fourth-order valence-electron chi connectivity index (χ4n) is 2.27. The summed E-state index contributed by atoms with van der Waals surface area (Å²) in [4.78, 5) is 10.8. The van der Waals surface area contributed by atoms with Crippen molar-refractivity contribution >= 4 is 5.97 Å². The summed E-state index contributed by atoms with van der Waals surface area (Å²) in [7, 11) is 0. The van der Waals surface area contributed by atoms with Gasteiger partial charge in [0.05, 0.1) is 5.92 Å². The maximum Gasteiger partial charge on any atom is 0.306 e. The zero-order valence-corrected chi connectivity index (χ0v) is 8.32. The Balaban J connectivity index is 2.11. The SMILES string of the molecule is O=C(O)C1CCC(c2cccc(F)c2)C1. The molecule has 1 aliphatic carbocycles. The lowest BCUT2D eigenvalue weighted by Gasteiger charge is -2.09. The van der Waals surface area contributed by atoms with Crippen LogP contribution in [0.25, 0.3) is 0 Å². The van der Waals surface area contributed by atoms with Gasteiger partial charge in [-0.2, -0.15) is 0 Å². The van der Waals surface area contributed by atoms with Crippen molar-refractivity contribution in [2.24, 2.45) is 5.92 Å². The minimum absolute atomic E-state index is 0.210. The third kappa shape index (κ3) is 2.17. The van der Waals surface area contributed by atoms with Crippen LogP contribution < -0.4 is 0 Å². The first-order valence-corrected chi connectivity index (χ1v) is 5.15. The average Bonchev–Trinajstić information content (AvgIpc) is 2.66. The molecule has 1 fully saturated rings. The molecule has 1 aliphatic rings. The third-order valence-corrected chi connectivity index (χ3v) is 3.10. The van der Waals surface area contributed by atoms with Gasteiger partial charge in [0.2, 0.25) is 0 Å². The van der Waals surface area contributed by atoms with Crippen LogP contribution in [0.1, 0.15) is 30.7 Å². The number of carboxylic acids is 1. The molecular formula is C12H13FO2. The summed E-state index contributed by atoms with van der Waals surface area (Å²) < 4.78 is 13.0. The Morgan fingerprint density at radius 3 is 2.80 bits per heavy atom. The van der Waals surface area contributed by atoms with Crippen LogP contribution in [-0.2, 0) is 4.79 Å². The highest BCUT2D eigenvalue weighted by Gasteiger charge is 2.30. The van der Waals surface area contributed by atoms with E-state index < -0.39 is 5.97 Å². The number of hydrogen-bond acceptors (Lipinski definition) is 1. The number of carbonyl (C=O) groups is 1. The van der Waals surface area contributed by atoms with E-state index in [1.54, 1.807) is 6.07 Å². The van der Waals surface area contributed by atoms with Gasteiger partial charge < -0.3 is 5.11 Å². The van der Waals surface area contributed by atoms with E-state index in [4.69, 9.17) is 5.11 Å². The third-order valence-electron chi connectivity index (χ3n) is 3.10. The van der Waals surface area contributed by atoms with Gasteiger partial charge in [0.1, 0.15) is 5.82 Å². The molecule has 1 N–H and O–H groups in total. The molecule has 2 atom stereocenters. The minimum Gasteiger partial charge on any atom is -0.481 e. The molecule has 1 saturated carbocycles. The summed E-state index contributed by atoms with van der Waals surface area (Å²) >= 11 is 0. The standard InChI is InChI=1S/C12H13FO2/c13-11-3-1-2-8(7-11)9-4-5-10(6-9)12(14)15/h1-3,7,9-10H,4-6H2,(H,14,15). The molecule has 0 aromatic heterocycles. The number of halogens is 1. The molecule has 1 aromatic carbocycles. The Labute approximate surface area is 87.7 Å². The van der Waals surface area contributed by atoms with Crippen LogP contribution >= 0.6 is 0 Å². The first-order valence-electron chi connectivity index (χ1n) is 5.15. The predicted octanol–water partition coefficient (Wildman–Crippen LogP) is 2.79. The molecule has 2 unspecified atom stereocenters. The van der Waals surface area contributed by atoms with Gasteiger partial charge in [0, 0.05) is 0 Å². The Morgan fingerprint density at radius 1 is 1.40 bits per heavy atom. The number of rotatable bonds is 2. The van der Waals surface area contributed by atoms with Crippen molar-refractivity contribution in [3.63, 3.8) is 0 Å². The van der Waals surface area contributed by atoms with Crippen LogP contribution in [0.3, 0.4) is 0 Å². The molecule has 2 nitrogen and oxygen atoms in total. The van der Waals surface area contributed by atoms with Crippen molar-refractivity contribution in [2.45, 2.75) is 25.2 Å². The summed E-state index contributed by atoms with van der Waals surface area (Å²) in [6, 6.07) is 6.47. The van der Waals surface area contributed by atoms with Crippen molar-refractivity contribution < 1.29 is 14.3 Å². The second-order valence-electron chi connectivity index (χ2n) is 4.10. The summed E-state index contributed by atoms with van der Waals surface area (Å²) in [5.41, 5.74) is 0.929. The highest BCUT2D eigenvalue weighted by Crippen LogP contribution is 2.38. The Hall–Kier alpha value is -1.38. The molecule has 0 amide bonds. The molecule has 0 spiro atoms. The van der Waals surface area contributed by atoms with Gasteiger partial charge in [-0.3, -0.25) is 4.79 Å². The van der Waals surface area contributed by atoms with Gasteiger partial charge in [-0.1, -0.05) is 12.1 Å². The van der Waals surface area contributed by atoms with Crippen LogP contribution in [0.4, 0.5) is 4.39 Å². The van der Waals surface area contributed by atoms with Crippen molar-refractivity contribution in [2.75, 3.05) is 0 Å². The van der Waals surface area contributed by atoms with Crippen LogP contribution in [0.15, 0.2) is 24.3 Å². The lowest BCUT2D eigenvalue weighted by molar-refractivity contribution is -0.141. The highest BCUT2D eigenvalue weighted by atomic mass is 19.1. The molecule has 0 radical (unpaired) electrons. The molecule has 80 valence electrons. The lowest BCUT2D eigenvalue weighted by Crippen LogP contribution is -2.09. The molecular weight excluding hydrogens is 195 g/mol. The normalized spacial score (nSPS) is 25.4. The number of benzene rings is 1. The Morgan fingerprint density at radius 2 is 2.20 bits per heavy atom. The summed E-state index contributed by atoms with van der Waals surface area (Å²) in [5.74, 6) is -1.01. The van der Waals surface area contributed by atoms with Gasteiger partial charge in [0.25, 0.3) is 0 Å². The van der Waals surface area contributed by atoms with Crippen molar-refractivity contribution in [1.29, 1.82) is 0 Å². The largest absolute Gasteiger partial charge is 0.481 e. The molecule has 3 heteroatoms. The smallest absolute Gasteiger partial charge is 0.306 e. The maximum atomic E-state index is 13.0. The van der Waals surface area contributed by atoms with Gasteiger partial charge in [-0.15, -0.1) is 0 Å². The fraction of sp³-hybridized carbons (Fsp3) is 0.417. The second kappa shape index (κ2) is 4.01. The van der Waals surface area contributed by atoms with E-state index in [0.717, 1.165) is 12.0 Å². The number of aliphatic carboxylic acids is 1. The first kappa shape index (κ1) is 10.1. The quantitative estimate of drug-likeness (QED) is 0.811. The van der Waals surface area contributed by atoms with Crippen LogP contribution in [0, 0.1) is 11.7 Å². The van der Waals surface area contributed by atoms with Crippen LogP contribution in [-0.4, -0.2) is 11.1 Å². The van der Waals surface area contributed by atoms with E-state index in [0.29, 0.717) is 12.8 Å². The van der Waals surface area contributed by atoms with E-state index in [1.807, 2.05) is 6.07 Å². The first-order chi connectivity index (χ1) is 7.16. The molecule has 0 saturated heterocycles. The second-order valence-corrected chi connectivity index (χ2v) is 4.10. The molecule has 0 heterocycles. The Kier molecular flexibility index (Phi) is 2.71. The van der Waals surface area contributed by atoms with Crippen LogP contribution in [0.5, 0.6) is 0 Å². The van der Waals surface area contributed by atoms with E-state index >= 15 is 0 Å². The minimum atomic E-state index is -0.728. The van der Waals surface area contributed by atoms with E-state index in [9.17, 15) is 9.18 Å². The van der Waals surface area contributed by atoms with Crippen molar-refractivity contribution in [1.82, 2.24) is 0 Å². The zero-order chi connectivity index (χ0) is 10.8. The summed E-state index contributed by atoms with van der Waals surface area (Å²) in [6.45, 7) is 0. The average molecular weight is 208 g/mol. The molecule has 1 aromatic rings. The van der Waals surface area contributed by atoms with E-state index in [1.165, 1.54) is 12.1 Å². The summed E-state index contributed by atoms with van der Waals surface area (Å²) in [6.07, 6.45) is 2.19. The highest BCUT2D eigenvalue weighted by molar-refractivity contribution is 5.70. The summed E-state index contributed by atoms with van der Waals surface area (Å²) in [5, 5.41) is 8.86. The van der Waals surface area contributed by atoms with E-state index in [2.05, 4.69) is 0 Å². The number of carboxylic acid groups (broad SMARTS) is 1. The van der Waals surface area contributed by atoms with Gasteiger partial charge in [-0.25, -0.2) is 4.39 Å². The van der Waals surface area contributed by atoms with Crippen LogP contribution in [0.2, 0.25) is 0 Å². The van der Waals surface area contributed by atoms with Gasteiger partial charge in [-0.05, 0) is 42.9 Å². The molecule has 0 aliphatic heterocycles. The number of hydrogen-bond donors (Lipinski definition) is 1. The van der Waals surface area contributed by atoms with Crippen molar-refractivity contribution in [3.05, 3.63) is 35.6 Å². The predicted molar refractivity (Wildman–Crippen MR) is 54.1 cm³/mol. The fourth-order valence-corrected chi connectivity index (χ4v) is 2.27. The van der Waals surface area contributed by atoms with Gasteiger partial charge >= 0.3 is 5.97 Å². The zero-order valence-electron chi connectivity index (χ0n) is 8.32. The molecule has 2 rings (SSSR count). The lowest BCUT2D eigenvalue weighted by atomic mass is 9.96. The molecule has 0 bridgehead atoms. The van der Waals surface area contributed by atoms with Crippen molar-refractivity contribution in [3.8, 4) is 0 Å². The van der Waals surface area contributed by atoms with Gasteiger partial charge in [0.15, 0.2) is 0 Å². The van der Waals surface area contributed by atoms with E-state index in [-0.39, 0.29) is 17.7 Å².